The molecule has 0 radical (unpaired) electrons. The van der Waals surface area contributed by atoms with Gasteiger partial charge in [0, 0.05) is 17.1 Å². The average Bonchev–Trinajstić information content (AvgIpc) is 2.99. The Kier molecular flexibility index (Phi) is 3.65. The number of amides is 3. The lowest BCUT2D eigenvalue weighted by Crippen LogP contribution is -2.22. The van der Waals surface area contributed by atoms with Crippen LogP contribution in [-0.4, -0.2) is 23.6 Å². The number of methoxy groups -OCH3 is 1. The summed E-state index contributed by atoms with van der Waals surface area (Å²) in [5, 5.41) is 4.69. The molecule has 1 aliphatic heterocycles. The van der Waals surface area contributed by atoms with Gasteiger partial charge in [-0.25, -0.2) is 4.79 Å². The molecule has 23 heavy (non-hydrogen) atoms. The van der Waals surface area contributed by atoms with Crippen molar-refractivity contribution in [2.75, 3.05) is 7.11 Å². The van der Waals surface area contributed by atoms with Crippen LogP contribution in [0.4, 0.5) is 4.79 Å². The van der Waals surface area contributed by atoms with Gasteiger partial charge in [-0.3, -0.25) is 10.1 Å². The maximum atomic E-state index is 11.6. The van der Waals surface area contributed by atoms with E-state index in [1.165, 1.54) is 0 Å². The Morgan fingerprint density at radius 2 is 1.78 bits per heavy atom. The van der Waals surface area contributed by atoms with Crippen LogP contribution < -0.4 is 15.4 Å². The molecule has 2 heterocycles. The number of benzene rings is 1. The molecule has 1 fully saturated rings. The maximum Gasteiger partial charge on any atom is 0.326 e. The third kappa shape index (κ3) is 2.70. The van der Waals surface area contributed by atoms with Gasteiger partial charge in [0.15, 0.2) is 0 Å². The third-order valence-corrected chi connectivity index (χ3v) is 3.82. The van der Waals surface area contributed by atoms with E-state index in [0.717, 1.165) is 28.4 Å². The number of imide groups is 1. The zero-order valence-electron chi connectivity index (χ0n) is 13.1. The quantitative estimate of drug-likeness (QED) is 0.675. The highest BCUT2D eigenvalue weighted by atomic mass is 16.5. The topological polar surface area (TPSA) is 72.4 Å². The van der Waals surface area contributed by atoms with Crippen molar-refractivity contribution < 1.29 is 14.3 Å². The van der Waals surface area contributed by atoms with Gasteiger partial charge in [0.05, 0.1) is 7.11 Å². The molecule has 0 unspecified atom stereocenters. The van der Waals surface area contributed by atoms with Crippen LogP contribution in [0.5, 0.6) is 5.75 Å². The summed E-state index contributed by atoms with van der Waals surface area (Å²) in [6.07, 6.45) is 1.68. The fraction of sp³-hybridized carbons (Fsp3) is 0.176. The Morgan fingerprint density at radius 1 is 1.09 bits per heavy atom. The van der Waals surface area contributed by atoms with Crippen molar-refractivity contribution in [3.05, 3.63) is 53.0 Å². The maximum absolute atomic E-state index is 11.6. The molecule has 0 spiro atoms. The number of carbonyl (C=O) groups excluding carboxylic acids is 2. The molecule has 0 saturated carbocycles. The van der Waals surface area contributed by atoms with Gasteiger partial charge in [-0.05, 0) is 55.8 Å². The molecular weight excluding hydrogens is 294 g/mol. The van der Waals surface area contributed by atoms with Gasteiger partial charge in [0.1, 0.15) is 11.4 Å². The number of hydrogen-bond donors (Lipinski definition) is 2. The Balaban J connectivity index is 2.01. The first kappa shape index (κ1) is 14.9. The van der Waals surface area contributed by atoms with E-state index in [1.54, 1.807) is 13.2 Å². The number of ether oxygens (including phenoxy) is 1. The van der Waals surface area contributed by atoms with Crippen molar-refractivity contribution in [2.45, 2.75) is 13.8 Å². The second kappa shape index (κ2) is 5.64. The first-order valence-corrected chi connectivity index (χ1v) is 7.17. The minimum Gasteiger partial charge on any atom is -0.497 e. The summed E-state index contributed by atoms with van der Waals surface area (Å²) < 4.78 is 7.26. The molecule has 3 rings (SSSR count). The Bertz CT molecular complexity index is 816. The molecule has 6 nitrogen and oxygen atoms in total. The van der Waals surface area contributed by atoms with Crippen LogP contribution >= 0.6 is 0 Å². The summed E-state index contributed by atoms with van der Waals surface area (Å²) in [6, 6.07) is 9.22. The highest BCUT2D eigenvalue weighted by Gasteiger charge is 2.23. The Labute approximate surface area is 133 Å². The molecule has 2 aromatic rings. The van der Waals surface area contributed by atoms with Gasteiger partial charge < -0.3 is 14.6 Å². The summed E-state index contributed by atoms with van der Waals surface area (Å²) in [5.41, 5.74) is 4.15. The van der Waals surface area contributed by atoms with Gasteiger partial charge in [0.25, 0.3) is 5.91 Å². The minimum absolute atomic E-state index is 0.255. The number of hydrogen-bond acceptors (Lipinski definition) is 3. The predicted octanol–water partition coefficient (Wildman–Crippen LogP) is 2.28. The molecule has 118 valence electrons. The fourth-order valence-corrected chi connectivity index (χ4v) is 2.70. The predicted molar refractivity (Wildman–Crippen MR) is 86.4 cm³/mol. The van der Waals surface area contributed by atoms with E-state index < -0.39 is 11.9 Å². The molecule has 1 aromatic heterocycles. The largest absolute Gasteiger partial charge is 0.497 e. The number of urea groups is 1. The molecule has 6 heteroatoms. The number of aryl methyl sites for hydroxylation is 1. The second-order valence-corrected chi connectivity index (χ2v) is 5.33. The average molecular weight is 311 g/mol. The first-order valence-electron chi connectivity index (χ1n) is 7.17. The van der Waals surface area contributed by atoms with E-state index in [-0.39, 0.29) is 5.70 Å². The van der Waals surface area contributed by atoms with Crippen LogP contribution in [0.2, 0.25) is 0 Å². The lowest BCUT2D eigenvalue weighted by molar-refractivity contribution is -0.115. The van der Waals surface area contributed by atoms with E-state index in [9.17, 15) is 9.59 Å². The van der Waals surface area contributed by atoms with Gasteiger partial charge in [-0.15, -0.1) is 0 Å². The fourth-order valence-electron chi connectivity index (χ4n) is 2.70. The Morgan fingerprint density at radius 3 is 2.35 bits per heavy atom. The lowest BCUT2D eigenvalue weighted by Gasteiger charge is -2.10. The molecule has 0 atom stereocenters. The molecule has 1 aromatic carbocycles. The monoisotopic (exact) mass is 311 g/mol. The standard InChI is InChI=1S/C17H17N3O3/c1-10-8-12(9-15-16(21)19-17(22)18-15)11(2)20(10)13-4-6-14(23-3)7-5-13/h4-9H,1-3H3,(H2,18,19,21,22)/b15-9-. The van der Waals surface area contributed by atoms with Crippen LogP contribution in [0.15, 0.2) is 36.0 Å². The van der Waals surface area contributed by atoms with Crippen LogP contribution in [0.1, 0.15) is 17.0 Å². The number of carbonyl (C=O) groups is 2. The molecule has 0 bridgehead atoms. The van der Waals surface area contributed by atoms with Crippen molar-refractivity contribution in [3.63, 3.8) is 0 Å². The van der Waals surface area contributed by atoms with E-state index in [1.807, 2.05) is 44.2 Å². The smallest absolute Gasteiger partial charge is 0.326 e. The summed E-state index contributed by atoms with van der Waals surface area (Å²) in [7, 11) is 1.63. The molecule has 1 saturated heterocycles. The van der Waals surface area contributed by atoms with Gasteiger partial charge >= 0.3 is 6.03 Å². The highest BCUT2D eigenvalue weighted by Crippen LogP contribution is 2.24. The molecule has 3 amide bonds. The summed E-state index contributed by atoms with van der Waals surface area (Å²) in [4.78, 5) is 22.8. The molecule has 2 N–H and O–H groups in total. The first-order chi connectivity index (χ1) is 11.0. The molecular formula is C17H17N3O3. The van der Waals surface area contributed by atoms with Crippen molar-refractivity contribution in [1.82, 2.24) is 15.2 Å². The van der Waals surface area contributed by atoms with Crippen molar-refractivity contribution >= 4 is 18.0 Å². The second-order valence-electron chi connectivity index (χ2n) is 5.33. The van der Waals surface area contributed by atoms with Crippen LogP contribution in [0, 0.1) is 13.8 Å². The Hall–Kier alpha value is -3.02. The van der Waals surface area contributed by atoms with Gasteiger partial charge in [-0.1, -0.05) is 0 Å². The van der Waals surface area contributed by atoms with Crippen LogP contribution in [0.25, 0.3) is 11.8 Å². The number of rotatable bonds is 3. The SMILES string of the molecule is COc1ccc(-n2c(C)cc(/C=C3\NC(=O)NC3=O)c2C)cc1. The molecule has 1 aliphatic rings. The summed E-state index contributed by atoms with van der Waals surface area (Å²) in [5.74, 6) is 0.383. The normalized spacial score (nSPS) is 15.7. The molecule has 0 aliphatic carbocycles. The van der Waals surface area contributed by atoms with Crippen molar-refractivity contribution in [3.8, 4) is 11.4 Å². The zero-order chi connectivity index (χ0) is 16.6. The van der Waals surface area contributed by atoms with Crippen molar-refractivity contribution in [2.24, 2.45) is 0 Å². The summed E-state index contributed by atoms with van der Waals surface area (Å²) in [6.45, 7) is 3.96. The van der Waals surface area contributed by atoms with E-state index in [4.69, 9.17) is 4.74 Å². The van der Waals surface area contributed by atoms with E-state index >= 15 is 0 Å². The summed E-state index contributed by atoms with van der Waals surface area (Å²) >= 11 is 0. The van der Waals surface area contributed by atoms with Gasteiger partial charge in [-0.2, -0.15) is 0 Å². The van der Waals surface area contributed by atoms with Crippen molar-refractivity contribution in [1.29, 1.82) is 0 Å². The highest BCUT2D eigenvalue weighted by molar-refractivity contribution is 6.14. The minimum atomic E-state index is -0.495. The lowest BCUT2D eigenvalue weighted by atomic mass is 10.2. The number of nitrogens with zero attached hydrogens (tertiary/aromatic N) is 1. The third-order valence-electron chi connectivity index (χ3n) is 3.82. The van der Waals surface area contributed by atoms with E-state index in [2.05, 4.69) is 15.2 Å². The number of nitrogens with one attached hydrogen (secondary N) is 2. The van der Waals surface area contributed by atoms with E-state index in [0.29, 0.717) is 0 Å². The zero-order valence-corrected chi connectivity index (χ0v) is 13.1. The number of aromatic nitrogens is 1. The van der Waals surface area contributed by atoms with Crippen LogP contribution in [0.3, 0.4) is 0 Å². The van der Waals surface area contributed by atoms with Gasteiger partial charge in [0.2, 0.25) is 0 Å². The van der Waals surface area contributed by atoms with Crippen LogP contribution in [-0.2, 0) is 4.79 Å².